The Balaban J connectivity index is 1.83. The van der Waals surface area contributed by atoms with E-state index in [0.29, 0.717) is 26.0 Å². The minimum atomic E-state index is -1.81. The molecule has 5 nitrogen and oxygen atoms in total. The lowest BCUT2D eigenvalue weighted by Crippen LogP contribution is -2.81. The van der Waals surface area contributed by atoms with Gasteiger partial charge >= 0.3 is 0 Å². The van der Waals surface area contributed by atoms with Crippen molar-refractivity contribution in [3.63, 3.8) is 0 Å². The lowest BCUT2D eigenvalue weighted by Gasteiger charge is -2.63. The van der Waals surface area contributed by atoms with Gasteiger partial charge in [-0.25, -0.2) is 0 Å². The van der Waals surface area contributed by atoms with Crippen LogP contribution in [0, 0.1) is 5.92 Å². The first kappa shape index (κ1) is 22.3. The second kappa shape index (κ2) is 7.08. The van der Waals surface area contributed by atoms with Gasteiger partial charge in [-0.2, -0.15) is 0 Å². The molecule has 4 heterocycles. The molecule has 0 N–H and O–H groups in total. The maximum Gasteiger partial charge on any atom is 0.250 e. The first-order chi connectivity index (χ1) is 13.3. The standard InChI is InChI=1S/C23H38N2O3Si/c1-17(2)18-16-22-12-11-14-25(22)20(27)23(18,24(6)19(22)26)13-9-10-15-28-29(7,8)21(3,4)5/h9-10,18H,1,11-16H2,2-8H3/b10-9-/t18-,22-,23+/m1/s1. The van der Waals surface area contributed by atoms with Crippen LogP contribution in [-0.4, -0.2) is 61.2 Å². The van der Waals surface area contributed by atoms with Crippen LogP contribution in [0.25, 0.3) is 0 Å². The Morgan fingerprint density at radius 3 is 2.52 bits per heavy atom. The minimum Gasteiger partial charge on any atom is -0.413 e. The van der Waals surface area contributed by atoms with Crippen molar-refractivity contribution in [3.05, 3.63) is 24.3 Å². The number of piperidine rings is 2. The number of nitrogens with zero attached hydrogens (tertiary/aromatic N) is 2. The van der Waals surface area contributed by atoms with Crippen LogP contribution in [0.4, 0.5) is 0 Å². The molecule has 0 aromatic carbocycles. The Morgan fingerprint density at radius 1 is 1.28 bits per heavy atom. The molecule has 4 fully saturated rings. The van der Waals surface area contributed by atoms with Crippen molar-refractivity contribution in [2.75, 3.05) is 20.2 Å². The molecule has 4 saturated heterocycles. The van der Waals surface area contributed by atoms with Crippen molar-refractivity contribution in [1.29, 1.82) is 0 Å². The van der Waals surface area contributed by atoms with E-state index in [2.05, 4.69) is 40.4 Å². The molecule has 0 unspecified atom stereocenters. The second-order valence-electron chi connectivity index (χ2n) is 10.7. The van der Waals surface area contributed by atoms with E-state index in [4.69, 9.17) is 4.43 Å². The molecular formula is C23H38N2O3Si. The molecule has 2 amide bonds. The van der Waals surface area contributed by atoms with Gasteiger partial charge < -0.3 is 14.2 Å². The molecule has 4 aliphatic rings. The van der Waals surface area contributed by atoms with E-state index in [-0.39, 0.29) is 22.8 Å². The molecule has 6 heteroatoms. The lowest BCUT2D eigenvalue weighted by molar-refractivity contribution is -0.192. The van der Waals surface area contributed by atoms with Crippen LogP contribution in [-0.2, 0) is 14.0 Å². The molecule has 3 atom stereocenters. The van der Waals surface area contributed by atoms with Gasteiger partial charge in [0.05, 0.1) is 6.61 Å². The maximum atomic E-state index is 13.6. The van der Waals surface area contributed by atoms with Crippen molar-refractivity contribution >= 4 is 20.1 Å². The number of hydrogen-bond donors (Lipinski definition) is 0. The number of carbonyl (C=O) groups is 2. The van der Waals surface area contributed by atoms with E-state index in [0.717, 1.165) is 18.4 Å². The molecule has 4 aliphatic heterocycles. The Kier molecular flexibility index (Phi) is 5.44. The topological polar surface area (TPSA) is 49.9 Å². The number of fused-ring (bicyclic) bond motifs is 2. The summed E-state index contributed by atoms with van der Waals surface area (Å²) in [5, 5.41) is 0.166. The zero-order valence-electron chi connectivity index (χ0n) is 19.3. The van der Waals surface area contributed by atoms with E-state index >= 15 is 0 Å². The second-order valence-corrected chi connectivity index (χ2v) is 15.5. The highest BCUT2D eigenvalue weighted by molar-refractivity contribution is 6.74. The highest BCUT2D eigenvalue weighted by Crippen LogP contribution is 2.55. The zero-order valence-corrected chi connectivity index (χ0v) is 20.3. The summed E-state index contributed by atoms with van der Waals surface area (Å²) in [6.07, 6.45) is 6.97. The monoisotopic (exact) mass is 418 g/mol. The van der Waals surface area contributed by atoms with Gasteiger partial charge in [-0.05, 0) is 50.7 Å². The van der Waals surface area contributed by atoms with Crippen LogP contribution in [0.15, 0.2) is 24.3 Å². The van der Waals surface area contributed by atoms with Crippen LogP contribution in [0.1, 0.15) is 53.4 Å². The van der Waals surface area contributed by atoms with E-state index in [1.165, 1.54) is 0 Å². The van der Waals surface area contributed by atoms with Crippen LogP contribution in [0.2, 0.25) is 18.1 Å². The predicted octanol–water partition coefficient (Wildman–Crippen LogP) is 4.12. The van der Waals surface area contributed by atoms with Crippen LogP contribution >= 0.6 is 0 Å². The zero-order chi connectivity index (χ0) is 21.8. The molecule has 0 radical (unpaired) electrons. The van der Waals surface area contributed by atoms with Crippen LogP contribution in [0.5, 0.6) is 0 Å². The fraction of sp³-hybridized carbons (Fsp3) is 0.739. The molecule has 0 aliphatic carbocycles. The predicted molar refractivity (Wildman–Crippen MR) is 119 cm³/mol. The van der Waals surface area contributed by atoms with Crippen molar-refractivity contribution in [3.8, 4) is 0 Å². The number of amides is 2. The van der Waals surface area contributed by atoms with E-state index in [9.17, 15) is 9.59 Å². The Hall–Kier alpha value is -1.40. The largest absolute Gasteiger partial charge is 0.413 e. The number of carbonyl (C=O) groups excluding carboxylic acids is 2. The highest BCUT2D eigenvalue weighted by Gasteiger charge is 2.70. The molecule has 2 bridgehead atoms. The first-order valence-corrected chi connectivity index (χ1v) is 13.8. The van der Waals surface area contributed by atoms with Gasteiger partial charge in [0.2, 0.25) is 11.8 Å². The molecule has 4 rings (SSSR count). The average molecular weight is 419 g/mol. The molecule has 162 valence electrons. The third-order valence-electron chi connectivity index (χ3n) is 8.06. The van der Waals surface area contributed by atoms with Crippen molar-refractivity contribution in [1.82, 2.24) is 9.80 Å². The Bertz CT molecular complexity index is 754. The smallest absolute Gasteiger partial charge is 0.250 e. The molecule has 0 saturated carbocycles. The summed E-state index contributed by atoms with van der Waals surface area (Å²) in [4.78, 5) is 30.6. The van der Waals surface area contributed by atoms with Crippen LogP contribution < -0.4 is 0 Å². The summed E-state index contributed by atoms with van der Waals surface area (Å²) < 4.78 is 6.24. The number of rotatable bonds is 6. The lowest BCUT2D eigenvalue weighted by atomic mass is 9.61. The van der Waals surface area contributed by atoms with E-state index < -0.39 is 19.4 Å². The molecule has 29 heavy (non-hydrogen) atoms. The van der Waals surface area contributed by atoms with Gasteiger partial charge in [0, 0.05) is 19.5 Å². The molecular weight excluding hydrogens is 380 g/mol. The van der Waals surface area contributed by atoms with Gasteiger partial charge in [0.15, 0.2) is 8.32 Å². The number of piperazine rings is 1. The van der Waals surface area contributed by atoms with Crippen molar-refractivity contribution in [2.45, 2.75) is 82.6 Å². The summed E-state index contributed by atoms with van der Waals surface area (Å²) in [5.74, 6) is 0.211. The van der Waals surface area contributed by atoms with Gasteiger partial charge in [0.25, 0.3) is 0 Å². The van der Waals surface area contributed by atoms with E-state index in [1.54, 1.807) is 4.90 Å². The third kappa shape index (κ3) is 3.14. The average Bonchev–Trinajstić information content (AvgIpc) is 3.05. The quantitative estimate of drug-likeness (QED) is 0.481. The van der Waals surface area contributed by atoms with Gasteiger partial charge in [-0.15, -0.1) is 0 Å². The summed E-state index contributed by atoms with van der Waals surface area (Å²) in [7, 11) is 0.00568. The fourth-order valence-electron chi connectivity index (χ4n) is 5.21. The van der Waals surface area contributed by atoms with Crippen LogP contribution in [0.3, 0.4) is 0 Å². The summed E-state index contributed by atoms with van der Waals surface area (Å²) >= 11 is 0. The minimum absolute atomic E-state index is 0.00184. The Labute approximate surface area is 177 Å². The van der Waals surface area contributed by atoms with E-state index in [1.807, 2.05) is 31.0 Å². The normalized spacial score (nSPS) is 32.4. The van der Waals surface area contributed by atoms with Gasteiger partial charge in [-0.3, -0.25) is 9.59 Å². The maximum absolute atomic E-state index is 13.6. The fourth-order valence-corrected chi connectivity index (χ4v) is 6.15. The molecule has 0 aromatic heterocycles. The van der Waals surface area contributed by atoms with Gasteiger partial charge in [-0.1, -0.05) is 45.1 Å². The van der Waals surface area contributed by atoms with Crippen molar-refractivity contribution in [2.24, 2.45) is 5.92 Å². The summed E-state index contributed by atoms with van der Waals surface area (Å²) in [6, 6.07) is 0. The third-order valence-corrected chi connectivity index (χ3v) is 12.6. The molecule has 0 aromatic rings. The summed E-state index contributed by atoms with van der Waals surface area (Å²) in [5.41, 5.74) is -0.482. The number of hydrogen-bond acceptors (Lipinski definition) is 3. The highest BCUT2D eigenvalue weighted by atomic mass is 28.4. The van der Waals surface area contributed by atoms with Gasteiger partial charge in [0.1, 0.15) is 11.1 Å². The molecule has 1 spiro atoms. The summed E-state index contributed by atoms with van der Waals surface area (Å²) in [6.45, 7) is 18.6. The van der Waals surface area contributed by atoms with Crippen molar-refractivity contribution < 1.29 is 14.0 Å². The SMILES string of the molecule is C=C(C)[C@H]1C[C@@]23CCCN2C(=O)[C@@]1(C/C=C\CO[Si](C)(C)C(C)(C)C)N(C)C3=O. The number of likely N-dealkylation sites (N-methyl/N-ethyl adjacent to an activating group) is 1. The first-order valence-electron chi connectivity index (χ1n) is 10.9. The Morgan fingerprint density at radius 2 is 1.93 bits per heavy atom.